The van der Waals surface area contributed by atoms with Crippen LogP contribution in [-0.2, 0) is 19.1 Å². The van der Waals surface area contributed by atoms with Crippen molar-refractivity contribution in [1.29, 1.82) is 0 Å². The summed E-state index contributed by atoms with van der Waals surface area (Å²) in [7, 11) is 0. The Morgan fingerprint density at radius 2 is 1.92 bits per heavy atom. The summed E-state index contributed by atoms with van der Waals surface area (Å²) in [5.74, 6) is 0.265. The number of aliphatic carboxylic acids is 1. The molecule has 1 aliphatic heterocycles. The Hall–Kier alpha value is -2.09. The van der Waals surface area contributed by atoms with E-state index in [1.54, 1.807) is 6.08 Å². The lowest BCUT2D eigenvalue weighted by molar-refractivity contribution is -0.208. The van der Waals surface area contributed by atoms with Crippen molar-refractivity contribution in [2.75, 3.05) is 13.2 Å². The van der Waals surface area contributed by atoms with E-state index >= 15 is 0 Å². The molecule has 36 heavy (non-hydrogen) atoms. The molecule has 5 rings (SSSR count). The number of hydrogen-bond acceptors (Lipinski definition) is 6. The highest BCUT2D eigenvalue weighted by molar-refractivity contribution is 5.85. The lowest BCUT2D eigenvalue weighted by Crippen LogP contribution is -2.62. The third kappa shape index (κ3) is 4.13. The van der Waals surface area contributed by atoms with Gasteiger partial charge < -0.3 is 25.0 Å². The molecule has 0 spiro atoms. The Morgan fingerprint density at radius 1 is 1.11 bits per heavy atom. The van der Waals surface area contributed by atoms with Gasteiger partial charge in [-0.1, -0.05) is 13.8 Å². The van der Waals surface area contributed by atoms with E-state index in [-0.39, 0.29) is 41.2 Å². The van der Waals surface area contributed by atoms with Crippen LogP contribution in [0.5, 0.6) is 0 Å². The first-order valence-electron chi connectivity index (χ1n) is 13.8. The number of amides is 1. The third-order valence-electron chi connectivity index (χ3n) is 11.0. The molecule has 4 saturated carbocycles. The minimum absolute atomic E-state index is 0.0301. The molecule has 4 aliphatic carbocycles. The summed E-state index contributed by atoms with van der Waals surface area (Å²) in [6, 6.07) is 0. The molecule has 8 atom stereocenters. The van der Waals surface area contributed by atoms with Crippen LogP contribution in [0.15, 0.2) is 11.6 Å². The van der Waals surface area contributed by atoms with Gasteiger partial charge in [0.05, 0.1) is 5.60 Å². The minimum Gasteiger partial charge on any atom is -0.481 e. The number of rotatable bonds is 6. The molecule has 8 heteroatoms. The first-order chi connectivity index (χ1) is 17.1. The van der Waals surface area contributed by atoms with Crippen LogP contribution < -0.4 is 5.32 Å². The van der Waals surface area contributed by atoms with Crippen molar-refractivity contribution in [1.82, 2.24) is 5.32 Å². The summed E-state index contributed by atoms with van der Waals surface area (Å²) in [6.07, 6.45) is 9.95. The first kappa shape index (κ1) is 25.6. The summed E-state index contributed by atoms with van der Waals surface area (Å²) < 4.78 is 10.9. The van der Waals surface area contributed by atoms with Gasteiger partial charge in [0.25, 0.3) is 0 Å². The van der Waals surface area contributed by atoms with Crippen LogP contribution in [0.1, 0.15) is 84.5 Å². The van der Waals surface area contributed by atoms with Crippen molar-refractivity contribution in [2.45, 2.75) is 96.2 Å². The summed E-state index contributed by atoms with van der Waals surface area (Å²) in [6.45, 7) is 5.33. The molecule has 5 aliphatic rings. The van der Waals surface area contributed by atoms with Crippen LogP contribution >= 0.6 is 0 Å². The maximum Gasteiger partial charge on any atom is 0.407 e. The molecule has 0 bridgehead atoms. The number of cyclic esters (lactones) is 1. The van der Waals surface area contributed by atoms with E-state index in [9.17, 15) is 19.5 Å². The molecule has 0 aromatic rings. The number of aliphatic hydroxyl groups is 1. The smallest absolute Gasteiger partial charge is 0.407 e. The lowest BCUT2D eigenvalue weighted by Gasteiger charge is -2.63. The molecular formula is C28H41NO7. The van der Waals surface area contributed by atoms with Gasteiger partial charge in [-0.25, -0.2) is 9.59 Å². The molecular weight excluding hydrogens is 462 g/mol. The van der Waals surface area contributed by atoms with E-state index in [0.717, 1.165) is 63.4 Å². The second-order valence-corrected chi connectivity index (χ2v) is 12.5. The van der Waals surface area contributed by atoms with E-state index in [1.807, 2.05) is 0 Å². The van der Waals surface area contributed by atoms with E-state index in [0.29, 0.717) is 31.4 Å². The number of carboxylic acids is 1. The van der Waals surface area contributed by atoms with Crippen molar-refractivity contribution >= 4 is 18.0 Å². The van der Waals surface area contributed by atoms with Crippen LogP contribution in [0.4, 0.5) is 4.79 Å². The third-order valence-corrected chi connectivity index (χ3v) is 11.0. The molecule has 0 unspecified atom stereocenters. The number of carboxylic acid groups (broad SMARTS) is 1. The number of carbonyl (C=O) groups is 3. The Balaban J connectivity index is 1.23. The average molecular weight is 504 g/mol. The molecule has 200 valence electrons. The Morgan fingerprint density at radius 3 is 2.64 bits per heavy atom. The van der Waals surface area contributed by atoms with Gasteiger partial charge in [-0.05, 0) is 98.9 Å². The Bertz CT molecular complexity index is 948. The number of carbonyl (C=O) groups excluding carboxylic acids is 2. The minimum atomic E-state index is -0.868. The van der Waals surface area contributed by atoms with Crippen molar-refractivity contribution in [3.63, 3.8) is 0 Å². The van der Waals surface area contributed by atoms with E-state index < -0.39 is 17.7 Å². The van der Waals surface area contributed by atoms with E-state index in [4.69, 9.17) is 14.6 Å². The molecule has 8 nitrogen and oxygen atoms in total. The van der Waals surface area contributed by atoms with Crippen molar-refractivity contribution in [3.05, 3.63) is 11.6 Å². The molecule has 0 saturated heterocycles. The van der Waals surface area contributed by atoms with Crippen LogP contribution in [0.2, 0.25) is 0 Å². The molecule has 0 aromatic carbocycles. The summed E-state index contributed by atoms with van der Waals surface area (Å²) >= 11 is 0. The largest absolute Gasteiger partial charge is 0.481 e. The highest BCUT2D eigenvalue weighted by Crippen LogP contribution is 2.70. The predicted octanol–water partition coefficient (Wildman–Crippen LogP) is 4.20. The van der Waals surface area contributed by atoms with E-state index in [1.165, 1.54) is 0 Å². The molecule has 3 N–H and O–H groups in total. The van der Waals surface area contributed by atoms with Crippen molar-refractivity contribution in [3.8, 4) is 0 Å². The van der Waals surface area contributed by atoms with Crippen LogP contribution in [0.25, 0.3) is 0 Å². The number of fused-ring (bicyclic) bond motifs is 5. The topological polar surface area (TPSA) is 122 Å². The second kappa shape index (κ2) is 9.34. The maximum atomic E-state index is 12.3. The zero-order chi connectivity index (χ0) is 25.7. The first-order valence-corrected chi connectivity index (χ1v) is 13.8. The fourth-order valence-corrected chi connectivity index (χ4v) is 9.10. The zero-order valence-electron chi connectivity index (χ0n) is 21.6. The quantitative estimate of drug-likeness (QED) is 0.367. The molecule has 1 heterocycles. The number of hydrogen-bond donors (Lipinski definition) is 3. The van der Waals surface area contributed by atoms with Gasteiger partial charge in [0.1, 0.15) is 12.7 Å². The van der Waals surface area contributed by atoms with Crippen molar-refractivity contribution in [2.24, 2.45) is 34.5 Å². The van der Waals surface area contributed by atoms with Crippen LogP contribution in [0, 0.1) is 34.5 Å². The Labute approximate surface area is 213 Å². The van der Waals surface area contributed by atoms with Gasteiger partial charge in [0.2, 0.25) is 0 Å². The number of nitrogens with one attached hydrogen (secondary N) is 1. The normalized spacial score (nSPS) is 43.5. The molecule has 0 aromatic heterocycles. The van der Waals surface area contributed by atoms with Gasteiger partial charge >= 0.3 is 18.0 Å². The molecule has 1 amide bonds. The van der Waals surface area contributed by atoms with Gasteiger partial charge in [-0.2, -0.15) is 0 Å². The zero-order valence-corrected chi connectivity index (χ0v) is 21.6. The van der Waals surface area contributed by atoms with Crippen LogP contribution in [0.3, 0.4) is 0 Å². The van der Waals surface area contributed by atoms with Gasteiger partial charge in [0, 0.05) is 24.5 Å². The molecule has 0 radical (unpaired) electrons. The van der Waals surface area contributed by atoms with Gasteiger partial charge in [-0.3, -0.25) is 4.79 Å². The predicted molar refractivity (Wildman–Crippen MR) is 131 cm³/mol. The number of ether oxygens (including phenoxy) is 2. The maximum absolute atomic E-state index is 12.3. The fraction of sp³-hybridized carbons (Fsp3) is 0.821. The highest BCUT2D eigenvalue weighted by atomic mass is 16.6. The Kier molecular flexibility index (Phi) is 6.63. The second-order valence-electron chi connectivity index (χ2n) is 12.5. The average Bonchev–Trinajstić information content (AvgIpc) is 3.37. The number of alkyl carbamates (subject to hydrolysis) is 1. The highest BCUT2D eigenvalue weighted by Gasteiger charge is 2.67. The van der Waals surface area contributed by atoms with Crippen molar-refractivity contribution < 1.29 is 34.1 Å². The monoisotopic (exact) mass is 503 g/mol. The van der Waals surface area contributed by atoms with Crippen LogP contribution in [-0.4, -0.2) is 53.1 Å². The standard InChI is InChI=1S/C28H41NO7/c1-26-10-7-19(36-25(33)29-13-3-4-23(30)31)15-18(26)5-6-22-21(26)8-11-27(2)20(9-12-28(22,27)34)17-14-24(32)35-16-17/h14,18-22,34H,3-13,15-16H2,1-2H3,(H,29,33)(H,30,31)/t18-,19+,20-,21+,22-,26+,27-,28+/m1/s1. The summed E-state index contributed by atoms with van der Waals surface area (Å²) in [5, 5.41) is 23.7. The molecule has 4 fully saturated rings. The summed E-state index contributed by atoms with van der Waals surface area (Å²) in [4.78, 5) is 34.6. The fourth-order valence-electron chi connectivity index (χ4n) is 9.10. The van der Waals surface area contributed by atoms with E-state index in [2.05, 4.69) is 19.2 Å². The SMILES string of the molecule is C[C@]12CC[C@H](OC(=O)NCCCC(=O)O)C[C@H]1CC[C@@H]1[C@@H]2CC[C@]2(C)[C@@H](C3=CC(=O)OC3)CC[C@]12O. The number of esters is 1. The van der Waals surface area contributed by atoms with Gasteiger partial charge in [0.15, 0.2) is 0 Å². The van der Waals surface area contributed by atoms with Gasteiger partial charge in [-0.15, -0.1) is 0 Å². The summed E-state index contributed by atoms with van der Waals surface area (Å²) in [5.41, 5.74) is 0.248. The lowest BCUT2D eigenvalue weighted by atomic mass is 9.43.